The molecular formula is C11H14Br2N2. The predicted molar refractivity (Wildman–Crippen MR) is 71.3 cm³/mol. The average molecular weight is 334 g/mol. The van der Waals surface area contributed by atoms with Gasteiger partial charge in [-0.15, -0.1) is 6.58 Å². The first-order valence-corrected chi connectivity index (χ1v) is 6.18. The Kier molecular flexibility index (Phi) is 4.99. The summed E-state index contributed by atoms with van der Waals surface area (Å²) in [6.45, 7) is 5.89. The van der Waals surface area contributed by atoms with E-state index in [0.717, 1.165) is 26.5 Å². The van der Waals surface area contributed by atoms with Crippen molar-refractivity contribution in [2.24, 2.45) is 5.84 Å². The first-order valence-electron chi connectivity index (χ1n) is 4.60. The molecule has 0 aromatic heterocycles. The summed E-state index contributed by atoms with van der Waals surface area (Å²) in [5.74, 6) is 5.54. The van der Waals surface area contributed by atoms with E-state index in [2.05, 4.69) is 49.9 Å². The van der Waals surface area contributed by atoms with Gasteiger partial charge in [0.05, 0.1) is 6.04 Å². The summed E-state index contributed by atoms with van der Waals surface area (Å²) in [5, 5.41) is 0. The molecule has 1 atom stereocenters. The average Bonchev–Trinajstić information content (AvgIpc) is 2.18. The minimum Gasteiger partial charge on any atom is -0.271 e. The van der Waals surface area contributed by atoms with Crippen LogP contribution in [0.1, 0.15) is 24.9 Å². The van der Waals surface area contributed by atoms with E-state index in [1.807, 2.05) is 19.1 Å². The molecule has 0 fully saturated rings. The summed E-state index contributed by atoms with van der Waals surface area (Å²) in [4.78, 5) is 0. The molecule has 1 aromatic rings. The van der Waals surface area contributed by atoms with E-state index in [1.165, 1.54) is 0 Å². The minimum atomic E-state index is 0.0920. The number of nitrogens with one attached hydrogen (secondary N) is 1. The lowest BCUT2D eigenvalue weighted by Gasteiger charge is -2.18. The standard InChI is InChI=1S/C11H14Br2N2/c1-7(2)5-11(15-14)9-6-8(12)3-4-10(9)13/h3-4,6,11,15H,1,5,14H2,2H3. The molecule has 3 N–H and O–H groups in total. The fraction of sp³-hybridized carbons (Fsp3) is 0.273. The summed E-state index contributed by atoms with van der Waals surface area (Å²) in [5.41, 5.74) is 5.04. The molecule has 1 aromatic carbocycles. The fourth-order valence-electron chi connectivity index (χ4n) is 1.39. The largest absolute Gasteiger partial charge is 0.271 e. The number of hydrogen-bond acceptors (Lipinski definition) is 2. The van der Waals surface area contributed by atoms with Crippen LogP contribution in [-0.4, -0.2) is 0 Å². The van der Waals surface area contributed by atoms with Crippen LogP contribution in [0.4, 0.5) is 0 Å². The van der Waals surface area contributed by atoms with E-state index in [4.69, 9.17) is 5.84 Å². The smallest absolute Gasteiger partial charge is 0.0508 e. The lowest BCUT2D eigenvalue weighted by atomic mass is 10.0. The zero-order valence-electron chi connectivity index (χ0n) is 8.56. The minimum absolute atomic E-state index is 0.0920. The van der Waals surface area contributed by atoms with Gasteiger partial charge in [-0.1, -0.05) is 37.4 Å². The molecular weight excluding hydrogens is 320 g/mol. The van der Waals surface area contributed by atoms with Crippen molar-refractivity contribution in [2.75, 3.05) is 0 Å². The van der Waals surface area contributed by atoms with Crippen molar-refractivity contribution in [3.05, 3.63) is 44.9 Å². The van der Waals surface area contributed by atoms with Crippen LogP contribution in [0.25, 0.3) is 0 Å². The van der Waals surface area contributed by atoms with E-state index < -0.39 is 0 Å². The second-order valence-corrected chi connectivity index (χ2v) is 5.32. The molecule has 82 valence electrons. The van der Waals surface area contributed by atoms with Crippen molar-refractivity contribution >= 4 is 31.9 Å². The molecule has 0 radical (unpaired) electrons. The highest BCUT2D eigenvalue weighted by atomic mass is 79.9. The summed E-state index contributed by atoms with van der Waals surface area (Å²) in [7, 11) is 0. The van der Waals surface area contributed by atoms with E-state index in [-0.39, 0.29) is 6.04 Å². The van der Waals surface area contributed by atoms with Crippen molar-refractivity contribution in [1.82, 2.24) is 5.43 Å². The van der Waals surface area contributed by atoms with E-state index in [0.29, 0.717) is 0 Å². The highest BCUT2D eigenvalue weighted by molar-refractivity contribution is 9.11. The molecule has 15 heavy (non-hydrogen) atoms. The number of hydrogen-bond donors (Lipinski definition) is 2. The summed E-state index contributed by atoms with van der Waals surface area (Å²) in [6.07, 6.45) is 0.825. The second kappa shape index (κ2) is 5.80. The van der Waals surface area contributed by atoms with Gasteiger partial charge in [-0.2, -0.15) is 0 Å². The summed E-state index contributed by atoms with van der Waals surface area (Å²) in [6, 6.07) is 6.14. The molecule has 2 nitrogen and oxygen atoms in total. The highest BCUT2D eigenvalue weighted by Gasteiger charge is 2.13. The third-order valence-electron chi connectivity index (χ3n) is 2.09. The quantitative estimate of drug-likeness (QED) is 0.501. The van der Waals surface area contributed by atoms with E-state index >= 15 is 0 Å². The number of hydrazine groups is 1. The zero-order chi connectivity index (χ0) is 11.4. The van der Waals surface area contributed by atoms with Crippen molar-refractivity contribution in [3.8, 4) is 0 Å². The summed E-state index contributed by atoms with van der Waals surface area (Å²) < 4.78 is 2.09. The van der Waals surface area contributed by atoms with Gasteiger partial charge in [0, 0.05) is 8.95 Å². The van der Waals surface area contributed by atoms with Crippen LogP contribution in [0.2, 0.25) is 0 Å². The van der Waals surface area contributed by atoms with Crippen molar-refractivity contribution in [1.29, 1.82) is 0 Å². The Balaban J connectivity index is 3.00. The lowest BCUT2D eigenvalue weighted by molar-refractivity contribution is 0.548. The number of halogens is 2. The van der Waals surface area contributed by atoms with Gasteiger partial charge >= 0.3 is 0 Å². The monoisotopic (exact) mass is 332 g/mol. The van der Waals surface area contributed by atoms with Crippen LogP contribution >= 0.6 is 31.9 Å². The Morgan fingerprint density at radius 3 is 2.73 bits per heavy atom. The molecule has 0 amide bonds. The molecule has 0 saturated carbocycles. The highest BCUT2D eigenvalue weighted by Crippen LogP contribution is 2.29. The van der Waals surface area contributed by atoms with E-state index in [1.54, 1.807) is 0 Å². The van der Waals surface area contributed by atoms with Crippen molar-refractivity contribution < 1.29 is 0 Å². The number of rotatable bonds is 4. The Hall–Kier alpha value is -0.160. The van der Waals surface area contributed by atoms with Gasteiger partial charge in [-0.25, -0.2) is 0 Å². The van der Waals surface area contributed by atoms with Gasteiger partial charge in [-0.3, -0.25) is 11.3 Å². The SMILES string of the molecule is C=C(C)CC(NN)c1cc(Br)ccc1Br. The number of nitrogens with two attached hydrogens (primary N) is 1. The van der Waals surface area contributed by atoms with Crippen LogP contribution in [0.15, 0.2) is 39.3 Å². The van der Waals surface area contributed by atoms with Crippen molar-refractivity contribution in [2.45, 2.75) is 19.4 Å². The molecule has 4 heteroatoms. The van der Waals surface area contributed by atoms with Gasteiger partial charge in [0.1, 0.15) is 0 Å². The van der Waals surface area contributed by atoms with Crippen molar-refractivity contribution in [3.63, 3.8) is 0 Å². The first-order chi connectivity index (χ1) is 7.04. The zero-order valence-corrected chi connectivity index (χ0v) is 11.7. The van der Waals surface area contributed by atoms with Gasteiger partial charge in [-0.05, 0) is 37.1 Å². The van der Waals surface area contributed by atoms with E-state index in [9.17, 15) is 0 Å². The maximum Gasteiger partial charge on any atom is 0.0508 e. The normalized spacial score (nSPS) is 12.5. The number of benzene rings is 1. The molecule has 0 aliphatic carbocycles. The van der Waals surface area contributed by atoms with Gasteiger partial charge < -0.3 is 0 Å². The lowest BCUT2D eigenvalue weighted by Crippen LogP contribution is -2.28. The van der Waals surface area contributed by atoms with Crippen LogP contribution in [-0.2, 0) is 0 Å². The third-order valence-corrected chi connectivity index (χ3v) is 3.30. The Labute approximate surface area is 107 Å². The Morgan fingerprint density at radius 2 is 2.20 bits per heavy atom. The summed E-state index contributed by atoms with van der Waals surface area (Å²) >= 11 is 6.96. The van der Waals surface area contributed by atoms with Gasteiger partial charge in [0.15, 0.2) is 0 Å². The predicted octanol–water partition coefficient (Wildman–Crippen LogP) is 3.68. The maximum absolute atomic E-state index is 5.54. The van der Waals surface area contributed by atoms with Crippen LogP contribution < -0.4 is 11.3 Å². The molecule has 1 unspecified atom stereocenters. The molecule has 0 aliphatic rings. The molecule has 0 aliphatic heterocycles. The van der Waals surface area contributed by atoms with Crippen LogP contribution in [0, 0.1) is 0 Å². The Bertz CT molecular complexity index is 364. The molecule has 0 heterocycles. The molecule has 0 bridgehead atoms. The molecule has 1 rings (SSSR count). The third kappa shape index (κ3) is 3.72. The van der Waals surface area contributed by atoms with Crippen LogP contribution in [0.5, 0.6) is 0 Å². The topological polar surface area (TPSA) is 38.0 Å². The van der Waals surface area contributed by atoms with Gasteiger partial charge in [0.2, 0.25) is 0 Å². The molecule has 0 spiro atoms. The van der Waals surface area contributed by atoms with Crippen LogP contribution in [0.3, 0.4) is 0 Å². The second-order valence-electron chi connectivity index (χ2n) is 3.55. The Morgan fingerprint density at radius 1 is 1.53 bits per heavy atom. The fourth-order valence-corrected chi connectivity index (χ4v) is 2.29. The maximum atomic E-state index is 5.54. The first kappa shape index (κ1) is 12.9. The van der Waals surface area contributed by atoms with Gasteiger partial charge in [0.25, 0.3) is 0 Å². The molecule has 0 saturated heterocycles.